The smallest absolute Gasteiger partial charge is 0.114 e. The summed E-state index contributed by atoms with van der Waals surface area (Å²) in [5, 5.41) is 3.20. The van der Waals surface area contributed by atoms with Gasteiger partial charge in [-0.15, -0.1) is 0 Å². The van der Waals surface area contributed by atoms with Crippen LogP contribution in [0.1, 0.15) is 40.0 Å². The Hall–Kier alpha value is -0.150. The molecule has 1 fully saturated rings. The van der Waals surface area contributed by atoms with Gasteiger partial charge < -0.3 is 10.2 Å². The molecular formula is C12H27FN2. The first-order chi connectivity index (χ1) is 7.22. The van der Waals surface area contributed by atoms with Crippen molar-refractivity contribution in [3.63, 3.8) is 0 Å². The molecule has 0 aliphatic carbocycles. The van der Waals surface area contributed by atoms with E-state index in [-0.39, 0.29) is 0 Å². The average molecular weight is 218 g/mol. The molecule has 0 spiro atoms. The van der Waals surface area contributed by atoms with Gasteiger partial charge in [-0.05, 0) is 26.4 Å². The maximum Gasteiger partial charge on any atom is 0.114 e. The Kier molecular flexibility index (Phi) is 9.01. The third-order valence-corrected chi connectivity index (χ3v) is 2.59. The second-order valence-electron chi connectivity index (χ2n) is 4.05. The van der Waals surface area contributed by atoms with Crippen LogP contribution in [0.4, 0.5) is 4.39 Å². The predicted molar refractivity (Wildman–Crippen MR) is 65.1 cm³/mol. The number of likely N-dealkylation sites (N-methyl/N-ethyl adjacent to an activating group) is 1. The lowest BCUT2D eigenvalue weighted by molar-refractivity contribution is 0.286. The van der Waals surface area contributed by atoms with Crippen LogP contribution in [0.2, 0.25) is 0 Å². The summed E-state index contributed by atoms with van der Waals surface area (Å²) in [4.78, 5) is 2.29. The van der Waals surface area contributed by atoms with Crippen molar-refractivity contribution in [1.29, 1.82) is 0 Å². The highest BCUT2D eigenvalue weighted by Gasteiger charge is 2.23. The SMILES string of the molecule is CC.CCCCN(C)CC1CC(F)CN1. The van der Waals surface area contributed by atoms with Crippen molar-refractivity contribution in [2.45, 2.75) is 52.2 Å². The Morgan fingerprint density at radius 1 is 1.40 bits per heavy atom. The van der Waals surface area contributed by atoms with Crippen molar-refractivity contribution in [3.8, 4) is 0 Å². The van der Waals surface area contributed by atoms with Gasteiger partial charge in [0.15, 0.2) is 0 Å². The van der Waals surface area contributed by atoms with Crippen molar-refractivity contribution < 1.29 is 4.39 Å². The molecule has 1 aliphatic heterocycles. The zero-order chi connectivity index (χ0) is 11.7. The molecule has 0 aromatic carbocycles. The second kappa shape index (κ2) is 9.10. The maximum absolute atomic E-state index is 12.8. The number of rotatable bonds is 5. The first kappa shape index (κ1) is 14.8. The Labute approximate surface area is 94.2 Å². The average Bonchev–Trinajstić information content (AvgIpc) is 2.64. The monoisotopic (exact) mass is 218 g/mol. The van der Waals surface area contributed by atoms with E-state index in [1.807, 2.05) is 13.8 Å². The van der Waals surface area contributed by atoms with Crippen LogP contribution in [-0.4, -0.2) is 43.8 Å². The summed E-state index contributed by atoms with van der Waals surface area (Å²) in [5.74, 6) is 0. The lowest BCUT2D eigenvalue weighted by atomic mass is 10.2. The van der Waals surface area contributed by atoms with Gasteiger partial charge in [-0.2, -0.15) is 0 Å². The number of nitrogens with one attached hydrogen (secondary N) is 1. The van der Waals surface area contributed by atoms with Crippen molar-refractivity contribution in [2.75, 3.05) is 26.7 Å². The van der Waals surface area contributed by atoms with Gasteiger partial charge in [-0.3, -0.25) is 0 Å². The summed E-state index contributed by atoms with van der Waals surface area (Å²) in [6.45, 7) is 8.86. The Morgan fingerprint density at radius 3 is 2.53 bits per heavy atom. The molecule has 15 heavy (non-hydrogen) atoms. The van der Waals surface area contributed by atoms with Crippen LogP contribution in [0.15, 0.2) is 0 Å². The summed E-state index contributed by atoms with van der Waals surface area (Å²) in [6, 6.07) is 0.372. The second-order valence-corrected chi connectivity index (χ2v) is 4.05. The maximum atomic E-state index is 12.8. The topological polar surface area (TPSA) is 15.3 Å². The van der Waals surface area contributed by atoms with E-state index in [0.29, 0.717) is 19.0 Å². The summed E-state index contributed by atoms with van der Waals surface area (Å²) in [5.41, 5.74) is 0. The third-order valence-electron chi connectivity index (χ3n) is 2.59. The highest BCUT2D eigenvalue weighted by Crippen LogP contribution is 2.10. The largest absolute Gasteiger partial charge is 0.310 e. The quantitative estimate of drug-likeness (QED) is 0.762. The molecule has 1 rings (SSSR count). The van der Waals surface area contributed by atoms with Gasteiger partial charge in [-0.25, -0.2) is 4.39 Å². The standard InChI is InChI=1S/C10H21FN2.C2H6/c1-3-4-5-13(2)8-10-6-9(11)7-12-10;1-2/h9-10,12H,3-8H2,1-2H3;1-2H3. The molecule has 1 N–H and O–H groups in total. The van der Waals surface area contributed by atoms with Crippen LogP contribution < -0.4 is 5.32 Å². The van der Waals surface area contributed by atoms with Crippen LogP contribution in [0, 0.1) is 0 Å². The van der Waals surface area contributed by atoms with Gasteiger partial charge in [-0.1, -0.05) is 27.2 Å². The van der Waals surface area contributed by atoms with Crippen LogP contribution in [-0.2, 0) is 0 Å². The Balaban J connectivity index is 0.000000921. The number of halogens is 1. The van der Waals surface area contributed by atoms with E-state index in [4.69, 9.17) is 0 Å². The van der Waals surface area contributed by atoms with Crippen molar-refractivity contribution in [1.82, 2.24) is 10.2 Å². The molecule has 2 unspecified atom stereocenters. The molecule has 0 aromatic rings. The summed E-state index contributed by atoms with van der Waals surface area (Å²) in [7, 11) is 2.11. The molecule has 2 atom stereocenters. The van der Waals surface area contributed by atoms with E-state index in [1.165, 1.54) is 12.8 Å². The fraction of sp³-hybridized carbons (Fsp3) is 1.00. The van der Waals surface area contributed by atoms with Gasteiger partial charge in [0, 0.05) is 19.1 Å². The highest BCUT2D eigenvalue weighted by molar-refractivity contribution is 4.83. The first-order valence-corrected chi connectivity index (χ1v) is 6.28. The van der Waals surface area contributed by atoms with Gasteiger partial charge in [0.25, 0.3) is 0 Å². The minimum absolute atomic E-state index is 0.372. The van der Waals surface area contributed by atoms with Crippen LogP contribution in [0.5, 0.6) is 0 Å². The van der Waals surface area contributed by atoms with E-state index in [9.17, 15) is 4.39 Å². The number of alkyl halides is 1. The molecular weight excluding hydrogens is 191 g/mol. The zero-order valence-corrected chi connectivity index (χ0v) is 10.7. The van der Waals surface area contributed by atoms with Gasteiger partial charge in [0.05, 0.1) is 0 Å². The van der Waals surface area contributed by atoms with Gasteiger partial charge in [0.1, 0.15) is 6.17 Å². The summed E-state index contributed by atoms with van der Waals surface area (Å²) < 4.78 is 12.8. The van der Waals surface area contributed by atoms with Gasteiger partial charge in [0.2, 0.25) is 0 Å². The van der Waals surface area contributed by atoms with E-state index >= 15 is 0 Å². The number of hydrogen-bond acceptors (Lipinski definition) is 2. The molecule has 0 radical (unpaired) electrons. The molecule has 1 aliphatic rings. The van der Waals surface area contributed by atoms with E-state index < -0.39 is 6.17 Å². The predicted octanol–water partition coefficient (Wildman–Crippen LogP) is 2.44. The fourth-order valence-electron chi connectivity index (χ4n) is 1.80. The lowest BCUT2D eigenvalue weighted by Gasteiger charge is -2.20. The minimum Gasteiger partial charge on any atom is -0.310 e. The normalized spacial score (nSPS) is 25.2. The number of hydrogen-bond donors (Lipinski definition) is 1. The molecule has 0 bridgehead atoms. The summed E-state index contributed by atoms with van der Waals surface area (Å²) >= 11 is 0. The highest BCUT2D eigenvalue weighted by atomic mass is 19.1. The molecule has 0 aromatic heterocycles. The van der Waals surface area contributed by atoms with Crippen molar-refractivity contribution in [2.24, 2.45) is 0 Å². The summed E-state index contributed by atoms with van der Waals surface area (Å²) in [6.07, 6.45) is 2.54. The van der Waals surface area contributed by atoms with Gasteiger partial charge >= 0.3 is 0 Å². The minimum atomic E-state index is -0.621. The van der Waals surface area contributed by atoms with Crippen molar-refractivity contribution in [3.05, 3.63) is 0 Å². The molecule has 1 heterocycles. The number of nitrogens with zero attached hydrogens (tertiary/aromatic N) is 1. The third kappa shape index (κ3) is 6.85. The molecule has 92 valence electrons. The van der Waals surface area contributed by atoms with E-state index in [0.717, 1.165) is 13.1 Å². The lowest BCUT2D eigenvalue weighted by Crippen LogP contribution is -2.35. The molecule has 0 saturated carbocycles. The Bertz CT molecular complexity index is 142. The van der Waals surface area contributed by atoms with Crippen LogP contribution in [0.3, 0.4) is 0 Å². The zero-order valence-electron chi connectivity index (χ0n) is 10.7. The Morgan fingerprint density at radius 2 is 2.07 bits per heavy atom. The molecule has 3 heteroatoms. The molecule has 2 nitrogen and oxygen atoms in total. The van der Waals surface area contributed by atoms with Crippen LogP contribution >= 0.6 is 0 Å². The van der Waals surface area contributed by atoms with Crippen LogP contribution in [0.25, 0.3) is 0 Å². The molecule has 1 saturated heterocycles. The first-order valence-electron chi connectivity index (χ1n) is 6.28. The van der Waals surface area contributed by atoms with Crippen molar-refractivity contribution >= 4 is 0 Å². The molecule has 0 amide bonds. The number of unbranched alkanes of at least 4 members (excludes halogenated alkanes) is 1. The van der Waals surface area contributed by atoms with E-state index in [1.54, 1.807) is 0 Å². The van der Waals surface area contributed by atoms with E-state index in [2.05, 4.69) is 24.2 Å². The fourth-order valence-corrected chi connectivity index (χ4v) is 1.80.